The number of rotatable bonds is 5. The predicted molar refractivity (Wildman–Crippen MR) is 50.1 cm³/mol. The first kappa shape index (κ1) is 9.61. The Bertz CT molecular complexity index is 225. The van der Waals surface area contributed by atoms with E-state index in [0.29, 0.717) is 0 Å². The molecule has 3 nitrogen and oxygen atoms in total. The van der Waals surface area contributed by atoms with Crippen LogP contribution >= 0.6 is 11.8 Å². The number of thioether (sulfide) groups is 1. The van der Waals surface area contributed by atoms with Gasteiger partial charge in [-0.15, -0.1) is 11.8 Å². The molecule has 0 saturated carbocycles. The van der Waals surface area contributed by atoms with Gasteiger partial charge in [0.05, 0.1) is 13.0 Å². The Morgan fingerprint density at radius 3 is 3.17 bits per heavy atom. The van der Waals surface area contributed by atoms with E-state index in [2.05, 4.69) is 22.0 Å². The molecule has 1 N–H and O–H groups in total. The molecule has 0 spiro atoms. The topological polar surface area (TPSA) is 28.9 Å². The van der Waals surface area contributed by atoms with Crippen molar-refractivity contribution in [1.29, 1.82) is 0 Å². The number of hydrogen-bond acceptors (Lipinski definition) is 2. The third-order valence-corrected chi connectivity index (χ3v) is 2.20. The molecule has 68 valence electrons. The number of nitrogens with zero attached hydrogens (tertiary/aromatic N) is 1. The van der Waals surface area contributed by atoms with Gasteiger partial charge in [0.2, 0.25) is 0 Å². The van der Waals surface area contributed by atoms with Crippen LogP contribution in [0.1, 0.15) is 5.82 Å². The van der Waals surface area contributed by atoms with Crippen molar-refractivity contribution in [3.8, 4) is 0 Å². The molecule has 0 aliphatic heterocycles. The molecule has 0 amide bonds. The van der Waals surface area contributed by atoms with Crippen LogP contribution in [0.2, 0.25) is 0 Å². The van der Waals surface area contributed by atoms with Gasteiger partial charge >= 0.3 is 0 Å². The minimum Gasteiger partial charge on any atom is -0.384 e. The van der Waals surface area contributed by atoms with Gasteiger partial charge in [-0.2, -0.15) is 0 Å². The van der Waals surface area contributed by atoms with Gasteiger partial charge in [0, 0.05) is 7.11 Å². The quantitative estimate of drug-likeness (QED) is 0.691. The van der Waals surface area contributed by atoms with E-state index < -0.39 is 0 Å². The van der Waals surface area contributed by atoms with Crippen molar-refractivity contribution >= 4 is 11.8 Å². The molecule has 4 heteroatoms. The predicted octanol–water partition coefficient (Wildman–Crippen LogP) is 0.812. The summed E-state index contributed by atoms with van der Waals surface area (Å²) in [5, 5.41) is 0. The van der Waals surface area contributed by atoms with Crippen LogP contribution in [-0.2, 0) is 17.0 Å². The van der Waals surface area contributed by atoms with E-state index in [1.807, 2.05) is 18.0 Å². The van der Waals surface area contributed by atoms with Gasteiger partial charge in [-0.1, -0.05) is 0 Å². The fourth-order valence-electron chi connectivity index (χ4n) is 1.07. The first-order valence-corrected chi connectivity index (χ1v) is 5.31. The Hall–Kier alpha value is -0.480. The Kier molecular flexibility index (Phi) is 4.18. The third kappa shape index (κ3) is 2.53. The average Bonchev–Trinajstić information content (AvgIpc) is 2.50. The molecule has 1 aromatic rings. The van der Waals surface area contributed by atoms with Crippen LogP contribution in [0, 0.1) is 0 Å². The normalized spacial score (nSPS) is 10.5. The second-order valence-electron chi connectivity index (χ2n) is 2.54. The van der Waals surface area contributed by atoms with Gasteiger partial charge in [-0.25, -0.2) is 9.55 Å². The molecule has 0 radical (unpaired) electrons. The summed E-state index contributed by atoms with van der Waals surface area (Å²) in [4.78, 5) is 3.20. The number of ether oxygens (including phenoxy) is 1. The van der Waals surface area contributed by atoms with E-state index in [4.69, 9.17) is 4.74 Å². The minimum atomic E-state index is 0.773. The molecular formula is C8H15N2OS+. The lowest BCUT2D eigenvalue weighted by atomic mass is 10.4. The standard InChI is InChI=1S/C8H14N2OS/c1-11-6-3-8-9-4-5-10(8)7-12-2/h4-5H,3,6-7H2,1-2H3/p+1. The number of imidazole rings is 1. The Balaban J connectivity index is 2.51. The van der Waals surface area contributed by atoms with Crippen molar-refractivity contribution in [2.75, 3.05) is 20.0 Å². The lowest BCUT2D eigenvalue weighted by molar-refractivity contribution is -0.682. The monoisotopic (exact) mass is 187 g/mol. The van der Waals surface area contributed by atoms with E-state index in [9.17, 15) is 0 Å². The lowest BCUT2D eigenvalue weighted by Gasteiger charge is -1.97. The molecule has 0 unspecified atom stereocenters. The summed E-state index contributed by atoms with van der Waals surface area (Å²) in [6, 6.07) is 0. The third-order valence-electron chi connectivity index (χ3n) is 1.66. The van der Waals surface area contributed by atoms with Crippen molar-refractivity contribution in [2.24, 2.45) is 0 Å². The highest BCUT2D eigenvalue weighted by Gasteiger charge is 2.08. The van der Waals surface area contributed by atoms with Crippen molar-refractivity contribution < 1.29 is 9.30 Å². The number of aromatic nitrogens is 2. The van der Waals surface area contributed by atoms with E-state index >= 15 is 0 Å². The first-order valence-electron chi connectivity index (χ1n) is 3.92. The zero-order valence-corrected chi connectivity index (χ0v) is 8.36. The summed E-state index contributed by atoms with van der Waals surface area (Å²) in [6.45, 7) is 0.773. The van der Waals surface area contributed by atoms with Crippen LogP contribution in [0.5, 0.6) is 0 Å². The maximum atomic E-state index is 5.01. The minimum absolute atomic E-state index is 0.773. The van der Waals surface area contributed by atoms with E-state index in [1.165, 1.54) is 5.82 Å². The molecule has 1 rings (SSSR count). The zero-order valence-electron chi connectivity index (χ0n) is 7.54. The number of nitrogens with one attached hydrogen (secondary N) is 1. The fraction of sp³-hybridized carbons (Fsp3) is 0.625. The van der Waals surface area contributed by atoms with Gasteiger partial charge in [-0.05, 0) is 6.26 Å². The summed E-state index contributed by atoms with van der Waals surface area (Å²) < 4.78 is 7.21. The van der Waals surface area contributed by atoms with Crippen LogP contribution < -0.4 is 4.57 Å². The van der Waals surface area contributed by atoms with E-state index in [-0.39, 0.29) is 0 Å². The summed E-state index contributed by atoms with van der Waals surface area (Å²) in [7, 11) is 1.72. The summed E-state index contributed by atoms with van der Waals surface area (Å²) in [6.07, 6.45) is 7.06. The lowest BCUT2D eigenvalue weighted by Crippen LogP contribution is -2.35. The number of methoxy groups -OCH3 is 1. The van der Waals surface area contributed by atoms with E-state index in [1.54, 1.807) is 7.11 Å². The Labute approximate surface area is 77.1 Å². The molecule has 0 saturated heterocycles. The first-order chi connectivity index (χ1) is 5.88. The molecule has 12 heavy (non-hydrogen) atoms. The molecule has 1 heterocycles. The highest BCUT2D eigenvalue weighted by Crippen LogP contribution is 1.94. The number of aromatic amines is 1. The molecule has 1 aromatic heterocycles. The fourth-order valence-corrected chi connectivity index (χ4v) is 1.59. The molecule has 0 atom stereocenters. The Morgan fingerprint density at radius 1 is 1.67 bits per heavy atom. The second kappa shape index (κ2) is 5.22. The van der Waals surface area contributed by atoms with Crippen molar-refractivity contribution in [3.05, 3.63) is 18.2 Å². The molecule has 0 bridgehead atoms. The average molecular weight is 187 g/mol. The van der Waals surface area contributed by atoms with Gasteiger partial charge < -0.3 is 4.74 Å². The molecular weight excluding hydrogens is 172 g/mol. The highest BCUT2D eigenvalue weighted by atomic mass is 32.2. The molecule has 0 aromatic carbocycles. The van der Waals surface area contributed by atoms with Crippen LogP contribution in [0.4, 0.5) is 0 Å². The van der Waals surface area contributed by atoms with Crippen LogP contribution in [0.15, 0.2) is 12.4 Å². The van der Waals surface area contributed by atoms with Gasteiger partial charge in [0.25, 0.3) is 5.82 Å². The van der Waals surface area contributed by atoms with Gasteiger partial charge in [-0.3, -0.25) is 0 Å². The summed E-state index contributed by atoms with van der Waals surface area (Å²) in [5.74, 6) is 2.23. The smallest absolute Gasteiger partial charge is 0.257 e. The van der Waals surface area contributed by atoms with Gasteiger partial charge in [0.15, 0.2) is 0 Å². The highest BCUT2D eigenvalue weighted by molar-refractivity contribution is 7.97. The molecule has 0 fully saturated rings. The molecule has 0 aliphatic carbocycles. The SMILES string of the molecule is COCCc1[nH]cc[n+]1CSC. The summed E-state index contributed by atoms with van der Waals surface area (Å²) in [5.41, 5.74) is 0. The van der Waals surface area contributed by atoms with Crippen molar-refractivity contribution in [1.82, 2.24) is 4.98 Å². The largest absolute Gasteiger partial charge is 0.384 e. The maximum absolute atomic E-state index is 5.01. The Morgan fingerprint density at radius 2 is 2.50 bits per heavy atom. The number of H-pyrrole nitrogens is 1. The second-order valence-corrected chi connectivity index (χ2v) is 3.37. The molecule has 0 aliphatic rings. The maximum Gasteiger partial charge on any atom is 0.257 e. The van der Waals surface area contributed by atoms with E-state index in [0.717, 1.165) is 18.9 Å². The van der Waals surface area contributed by atoms with Crippen LogP contribution in [0.25, 0.3) is 0 Å². The van der Waals surface area contributed by atoms with Crippen molar-refractivity contribution in [2.45, 2.75) is 12.3 Å². The van der Waals surface area contributed by atoms with Gasteiger partial charge in [0.1, 0.15) is 18.3 Å². The van der Waals surface area contributed by atoms with Crippen LogP contribution in [-0.4, -0.2) is 25.0 Å². The zero-order chi connectivity index (χ0) is 8.81. The number of hydrogen-bond donors (Lipinski definition) is 1. The van der Waals surface area contributed by atoms with Crippen molar-refractivity contribution in [3.63, 3.8) is 0 Å². The van der Waals surface area contributed by atoms with Crippen LogP contribution in [0.3, 0.4) is 0 Å². The summed E-state index contributed by atoms with van der Waals surface area (Å²) >= 11 is 1.81.